The monoisotopic (exact) mass is 369 g/mol. The highest BCUT2D eigenvalue weighted by atomic mass is 79.9. The molecule has 0 spiro atoms. The third-order valence-corrected chi connectivity index (χ3v) is 4.55. The predicted octanol–water partition coefficient (Wildman–Crippen LogP) is 1.38. The zero-order valence-electron chi connectivity index (χ0n) is 13.2. The number of nitrogens with zero attached hydrogens (tertiary/aromatic N) is 3. The van der Waals surface area contributed by atoms with Gasteiger partial charge in [-0.3, -0.25) is 4.79 Å². The molecule has 6 nitrogen and oxygen atoms in total. The maximum absolute atomic E-state index is 11.4. The van der Waals surface area contributed by atoms with Gasteiger partial charge in [-0.05, 0) is 62.0 Å². The number of piperidine rings is 1. The Kier molecular flexibility index (Phi) is 6.16. The Hall–Kier alpha value is -1.18. The summed E-state index contributed by atoms with van der Waals surface area (Å²) in [7, 11) is 4.29. The number of halogens is 1. The molecule has 0 radical (unpaired) electrons. The molecule has 0 saturated carbocycles. The Morgan fingerprint density at radius 2 is 2.18 bits per heavy atom. The fraction of sp³-hybridized carbons (Fsp3) is 0.600. The van der Waals surface area contributed by atoms with Crippen molar-refractivity contribution in [2.75, 3.05) is 45.6 Å². The van der Waals surface area contributed by atoms with Crippen LogP contribution in [0.4, 0.5) is 5.69 Å². The van der Waals surface area contributed by atoms with Gasteiger partial charge >= 0.3 is 0 Å². The number of primary amides is 1. The third-order valence-electron chi connectivity index (χ3n) is 4.12. The van der Waals surface area contributed by atoms with Gasteiger partial charge in [-0.2, -0.15) is 0 Å². The van der Waals surface area contributed by atoms with Gasteiger partial charge in [-0.1, -0.05) is 0 Å². The van der Waals surface area contributed by atoms with Crippen LogP contribution in [0.15, 0.2) is 16.7 Å². The van der Waals surface area contributed by atoms with Gasteiger partial charge in [0, 0.05) is 29.8 Å². The van der Waals surface area contributed by atoms with Gasteiger partial charge in [-0.15, -0.1) is 0 Å². The van der Waals surface area contributed by atoms with E-state index in [1.807, 2.05) is 6.07 Å². The number of likely N-dealkylation sites (tertiary alicyclic amines) is 1. The molecule has 1 aromatic rings. The molecule has 3 N–H and O–H groups in total. The molecule has 1 aliphatic rings. The number of pyridine rings is 1. The summed E-state index contributed by atoms with van der Waals surface area (Å²) >= 11 is 3.36. The molecule has 0 aromatic carbocycles. The first-order chi connectivity index (χ1) is 10.5. The van der Waals surface area contributed by atoms with Gasteiger partial charge in [0.05, 0.1) is 5.69 Å². The number of aromatic nitrogens is 1. The average Bonchev–Trinajstić information content (AvgIpc) is 2.47. The summed E-state index contributed by atoms with van der Waals surface area (Å²) in [4.78, 5) is 20.2. The molecule has 0 atom stereocenters. The topological polar surface area (TPSA) is 74.5 Å². The molecule has 0 aliphatic carbocycles. The molecule has 0 bridgehead atoms. The van der Waals surface area contributed by atoms with Crippen LogP contribution in [0.1, 0.15) is 23.3 Å². The van der Waals surface area contributed by atoms with Crippen LogP contribution >= 0.6 is 15.9 Å². The van der Waals surface area contributed by atoms with Crippen molar-refractivity contribution in [1.82, 2.24) is 14.8 Å². The van der Waals surface area contributed by atoms with Gasteiger partial charge in [0.1, 0.15) is 0 Å². The number of hydrogen-bond acceptors (Lipinski definition) is 5. The molecule has 2 heterocycles. The molecule has 122 valence electrons. The fourth-order valence-corrected chi connectivity index (χ4v) is 3.11. The maximum atomic E-state index is 11.4. The zero-order chi connectivity index (χ0) is 16.1. The first-order valence-corrected chi connectivity index (χ1v) is 8.34. The molecular weight excluding hydrogens is 346 g/mol. The molecule has 2 rings (SSSR count). The van der Waals surface area contributed by atoms with E-state index in [2.05, 4.69) is 50.1 Å². The summed E-state index contributed by atoms with van der Waals surface area (Å²) in [5.41, 5.74) is 6.32. The summed E-state index contributed by atoms with van der Waals surface area (Å²) in [5, 5.41) is 3.27. The van der Waals surface area contributed by atoms with Crippen molar-refractivity contribution < 1.29 is 4.79 Å². The highest BCUT2D eigenvalue weighted by Gasteiger charge is 2.20. The van der Waals surface area contributed by atoms with Crippen LogP contribution in [0.3, 0.4) is 0 Å². The lowest BCUT2D eigenvalue weighted by Gasteiger charge is -2.35. The SMILES string of the molecule is CN(C)C1CCN(CCNc2cc(Br)cnc2C(N)=O)CC1. The predicted molar refractivity (Wildman–Crippen MR) is 92.1 cm³/mol. The lowest BCUT2D eigenvalue weighted by Crippen LogP contribution is -2.43. The van der Waals surface area contributed by atoms with Crippen LogP contribution in [-0.4, -0.2) is 67.0 Å². The van der Waals surface area contributed by atoms with E-state index >= 15 is 0 Å². The van der Waals surface area contributed by atoms with Crippen LogP contribution in [0.2, 0.25) is 0 Å². The molecule has 22 heavy (non-hydrogen) atoms. The van der Waals surface area contributed by atoms with Crippen molar-refractivity contribution in [3.8, 4) is 0 Å². The second kappa shape index (κ2) is 7.89. The molecule has 1 fully saturated rings. The smallest absolute Gasteiger partial charge is 0.269 e. The number of rotatable bonds is 6. The molecule has 1 saturated heterocycles. The number of carbonyl (C=O) groups is 1. The summed E-state index contributed by atoms with van der Waals surface area (Å²) in [6.45, 7) is 3.95. The normalized spacial score (nSPS) is 16.9. The summed E-state index contributed by atoms with van der Waals surface area (Å²) in [6, 6.07) is 2.53. The molecule has 1 aliphatic heterocycles. The Balaban J connectivity index is 1.82. The number of nitrogens with two attached hydrogens (primary N) is 1. The summed E-state index contributed by atoms with van der Waals surface area (Å²) in [6.07, 6.45) is 3.99. The Morgan fingerprint density at radius 3 is 2.77 bits per heavy atom. The van der Waals surface area contributed by atoms with Gasteiger partial charge < -0.3 is 20.9 Å². The van der Waals surface area contributed by atoms with E-state index in [9.17, 15) is 4.79 Å². The Bertz CT molecular complexity index is 515. The van der Waals surface area contributed by atoms with Crippen molar-refractivity contribution in [3.63, 3.8) is 0 Å². The van der Waals surface area contributed by atoms with Crippen LogP contribution < -0.4 is 11.1 Å². The second-order valence-corrected chi connectivity index (χ2v) is 6.79. The fourth-order valence-electron chi connectivity index (χ4n) is 2.78. The average molecular weight is 370 g/mol. The zero-order valence-corrected chi connectivity index (χ0v) is 14.8. The third kappa shape index (κ3) is 4.66. The van der Waals surface area contributed by atoms with E-state index in [-0.39, 0.29) is 5.69 Å². The summed E-state index contributed by atoms with van der Waals surface area (Å²) in [5.74, 6) is -0.512. The first kappa shape index (κ1) is 17.2. The number of carbonyl (C=O) groups excluding carboxylic acids is 1. The minimum atomic E-state index is -0.512. The Morgan fingerprint density at radius 1 is 1.50 bits per heavy atom. The van der Waals surface area contributed by atoms with Crippen molar-refractivity contribution in [2.24, 2.45) is 5.73 Å². The number of nitrogens with one attached hydrogen (secondary N) is 1. The van der Waals surface area contributed by atoms with E-state index < -0.39 is 5.91 Å². The van der Waals surface area contributed by atoms with Gasteiger partial charge in [0.2, 0.25) is 0 Å². The molecule has 0 unspecified atom stereocenters. The van der Waals surface area contributed by atoms with Crippen molar-refractivity contribution in [2.45, 2.75) is 18.9 Å². The quantitative estimate of drug-likeness (QED) is 0.792. The summed E-state index contributed by atoms with van der Waals surface area (Å²) < 4.78 is 0.826. The number of hydrogen-bond donors (Lipinski definition) is 2. The van der Waals surface area contributed by atoms with Crippen LogP contribution in [0.5, 0.6) is 0 Å². The Labute approximate surface area is 140 Å². The second-order valence-electron chi connectivity index (χ2n) is 5.88. The van der Waals surface area contributed by atoms with E-state index in [4.69, 9.17) is 5.73 Å². The van der Waals surface area contributed by atoms with E-state index in [1.165, 1.54) is 12.8 Å². The standard InChI is InChI=1S/C15H24BrN5O/c1-20(2)12-3-6-21(7-4-12)8-5-18-13-9-11(16)10-19-14(13)15(17)22/h9-10,12,18H,3-8H2,1-2H3,(H2,17,22). The van der Waals surface area contributed by atoms with Crippen LogP contribution in [-0.2, 0) is 0 Å². The molecule has 1 amide bonds. The number of anilines is 1. The van der Waals surface area contributed by atoms with Crippen molar-refractivity contribution in [1.29, 1.82) is 0 Å². The highest BCUT2D eigenvalue weighted by molar-refractivity contribution is 9.10. The minimum absolute atomic E-state index is 0.287. The molecule has 7 heteroatoms. The van der Waals surface area contributed by atoms with Gasteiger partial charge in [0.25, 0.3) is 5.91 Å². The lowest BCUT2D eigenvalue weighted by atomic mass is 10.0. The van der Waals surface area contributed by atoms with E-state index in [0.29, 0.717) is 11.7 Å². The highest BCUT2D eigenvalue weighted by Crippen LogP contribution is 2.19. The van der Waals surface area contributed by atoms with Crippen LogP contribution in [0.25, 0.3) is 0 Å². The maximum Gasteiger partial charge on any atom is 0.269 e. The largest absolute Gasteiger partial charge is 0.382 e. The van der Waals surface area contributed by atoms with Crippen molar-refractivity contribution >= 4 is 27.5 Å². The van der Waals surface area contributed by atoms with Crippen LogP contribution in [0, 0.1) is 0 Å². The van der Waals surface area contributed by atoms with Gasteiger partial charge in [-0.25, -0.2) is 4.98 Å². The molecular formula is C15H24BrN5O. The first-order valence-electron chi connectivity index (χ1n) is 7.55. The minimum Gasteiger partial charge on any atom is -0.382 e. The lowest BCUT2D eigenvalue weighted by molar-refractivity contribution is 0.0996. The number of amides is 1. The van der Waals surface area contributed by atoms with E-state index in [0.717, 1.165) is 30.7 Å². The van der Waals surface area contributed by atoms with Gasteiger partial charge in [0.15, 0.2) is 5.69 Å². The molecule has 1 aromatic heterocycles. The van der Waals surface area contributed by atoms with Crippen molar-refractivity contribution in [3.05, 3.63) is 22.4 Å². The van der Waals surface area contributed by atoms with E-state index in [1.54, 1.807) is 6.20 Å².